The van der Waals surface area contributed by atoms with Gasteiger partial charge in [0, 0.05) is 19.2 Å². The summed E-state index contributed by atoms with van der Waals surface area (Å²) in [6.45, 7) is 2.35. The molecule has 0 aliphatic rings. The Labute approximate surface area is 110 Å². The van der Waals surface area contributed by atoms with E-state index in [9.17, 15) is 14.9 Å². The molecule has 0 aliphatic carbocycles. The lowest BCUT2D eigenvalue weighted by Gasteiger charge is -2.16. The number of nitrogens with one attached hydrogen (secondary N) is 1. The molecule has 0 aliphatic heterocycles. The monoisotopic (exact) mass is 268 g/mol. The van der Waals surface area contributed by atoms with Crippen LogP contribution in [0.2, 0.25) is 0 Å². The van der Waals surface area contributed by atoms with Gasteiger partial charge in [-0.3, -0.25) is 14.9 Å². The number of hydrogen-bond donors (Lipinski definition) is 2. The van der Waals surface area contributed by atoms with Gasteiger partial charge in [-0.2, -0.15) is 0 Å². The third-order valence-corrected chi connectivity index (χ3v) is 2.43. The number of rotatable bonds is 8. The summed E-state index contributed by atoms with van der Waals surface area (Å²) in [6, 6.07) is 6.19. The third-order valence-electron chi connectivity index (χ3n) is 2.43. The van der Waals surface area contributed by atoms with Crippen molar-refractivity contribution >= 4 is 17.3 Å². The van der Waals surface area contributed by atoms with E-state index in [4.69, 9.17) is 9.84 Å². The van der Waals surface area contributed by atoms with Crippen LogP contribution in [0.15, 0.2) is 24.3 Å². The van der Waals surface area contributed by atoms with Crippen molar-refractivity contribution in [3.8, 4) is 0 Å². The summed E-state index contributed by atoms with van der Waals surface area (Å²) in [7, 11) is 0. The van der Waals surface area contributed by atoms with Gasteiger partial charge in [0.25, 0.3) is 5.69 Å². The first-order valence-corrected chi connectivity index (χ1v) is 5.85. The number of hydrogen-bond acceptors (Lipinski definition) is 5. The topological polar surface area (TPSA) is 102 Å². The number of anilines is 1. The summed E-state index contributed by atoms with van der Waals surface area (Å²) in [4.78, 5) is 21.0. The maximum atomic E-state index is 10.8. The van der Waals surface area contributed by atoms with Crippen LogP contribution in [0.5, 0.6) is 0 Å². The van der Waals surface area contributed by atoms with Gasteiger partial charge < -0.3 is 15.2 Å². The lowest BCUT2D eigenvalue weighted by atomic mass is 10.2. The summed E-state index contributed by atoms with van der Waals surface area (Å²) < 4.78 is 5.26. The van der Waals surface area contributed by atoms with Crippen LogP contribution < -0.4 is 5.32 Å². The molecule has 0 saturated heterocycles. The van der Waals surface area contributed by atoms with Gasteiger partial charge in [-0.1, -0.05) is 12.1 Å². The molecule has 0 spiro atoms. The fraction of sp³-hybridized carbons (Fsp3) is 0.417. The fourth-order valence-electron chi connectivity index (χ4n) is 1.63. The Hall–Kier alpha value is -2.15. The molecule has 0 fully saturated rings. The number of aliphatic carboxylic acids is 1. The van der Waals surface area contributed by atoms with E-state index in [1.165, 1.54) is 6.07 Å². The van der Waals surface area contributed by atoms with Crippen molar-refractivity contribution in [1.29, 1.82) is 0 Å². The van der Waals surface area contributed by atoms with Crippen LogP contribution >= 0.6 is 0 Å². The van der Waals surface area contributed by atoms with Gasteiger partial charge in [0.2, 0.25) is 0 Å². The van der Waals surface area contributed by atoms with E-state index in [0.717, 1.165) is 0 Å². The van der Waals surface area contributed by atoms with Gasteiger partial charge in [0.05, 0.1) is 17.4 Å². The standard InChI is InChI=1S/C12H16N2O5/c1-2-19-9(7-12(15)16)8-13-10-5-3-4-6-11(10)14(17)18/h3-6,9,13H,2,7-8H2,1H3,(H,15,16). The first-order chi connectivity index (χ1) is 9.04. The van der Waals surface area contributed by atoms with Crippen molar-refractivity contribution in [2.75, 3.05) is 18.5 Å². The Bertz CT molecular complexity index is 450. The second-order valence-electron chi connectivity index (χ2n) is 3.83. The van der Waals surface area contributed by atoms with Gasteiger partial charge in [-0.05, 0) is 13.0 Å². The van der Waals surface area contributed by atoms with E-state index in [0.29, 0.717) is 12.3 Å². The van der Waals surface area contributed by atoms with Crippen LogP contribution in [0.25, 0.3) is 0 Å². The lowest BCUT2D eigenvalue weighted by Crippen LogP contribution is -2.26. The number of nitrogens with zero attached hydrogens (tertiary/aromatic N) is 1. The molecule has 7 nitrogen and oxygen atoms in total. The number of nitro groups is 1. The highest BCUT2D eigenvalue weighted by molar-refractivity contribution is 5.67. The van der Waals surface area contributed by atoms with Crippen molar-refractivity contribution in [2.24, 2.45) is 0 Å². The molecule has 1 aromatic rings. The van der Waals surface area contributed by atoms with Crippen LogP contribution in [0.1, 0.15) is 13.3 Å². The first kappa shape index (κ1) is 14.9. The zero-order chi connectivity index (χ0) is 14.3. The molecule has 7 heteroatoms. The predicted molar refractivity (Wildman–Crippen MR) is 69.3 cm³/mol. The van der Waals surface area contributed by atoms with Crippen molar-refractivity contribution in [3.05, 3.63) is 34.4 Å². The van der Waals surface area contributed by atoms with E-state index >= 15 is 0 Å². The molecular weight excluding hydrogens is 252 g/mol. The highest BCUT2D eigenvalue weighted by atomic mass is 16.6. The minimum atomic E-state index is -0.970. The second kappa shape index (κ2) is 7.32. The van der Waals surface area contributed by atoms with Crippen molar-refractivity contribution < 1.29 is 19.6 Å². The molecule has 1 aromatic carbocycles. The second-order valence-corrected chi connectivity index (χ2v) is 3.83. The molecule has 0 amide bonds. The quantitative estimate of drug-likeness (QED) is 0.551. The van der Waals surface area contributed by atoms with Crippen LogP contribution in [-0.2, 0) is 9.53 Å². The Balaban J connectivity index is 2.68. The number of carbonyl (C=O) groups is 1. The first-order valence-electron chi connectivity index (χ1n) is 5.85. The zero-order valence-electron chi connectivity index (χ0n) is 10.5. The molecular formula is C12H16N2O5. The number of nitro benzene ring substituents is 1. The van der Waals surface area contributed by atoms with Gasteiger partial charge in [-0.25, -0.2) is 0 Å². The molecule has 19 heavy (non-hydrogen) atoms. The average Bonchev–Trinajstić information content (AvgIpc) is 2.36. The molecule has 1 unspecified atom stereocenters. The fourth-order valence-corrected chi connectivity index (χ4v) is 1.63. The minimum Gasteiger partial charge on any atom is -0.481 e. The number of benzene rings is 1. The SMILES string of the molecule is CCOC(CNc1ccccc1[N+](=O)[O-])CC(=O)O. The van der Waals surface area contributed by atoms with E-state index in [-0.39, 0.29) is 18.7 Å². The molecule has 0 radical (unpaired) electrons. The van der Waals surface area contributed by atoms with Gasteiger partial charge in [0.15, 0.2) is 0 Å². The highest BCUT2D eigenvalue weighted by Gasteiger charge is 2.16. The number of carboxylic acids is 1. The Morgan fingerprint density at radius 1 is 1.53 bits per heavy atom. The number of carboxylic acid groups (broad SMARTS) is 1. The lowest BCUT2D eigenvalue weighted by molar-refractivity contribution is -0.384. The summed E-state index contributed by atoms with van der Waals surface area (Å²) in [5.74, 6) is -0.970. The number of para-hydroxylation sites is 2. The average molecular weight is 268 g/mol. The molecule has 2 N–H and O–H groups in total. The van der Waals surface area contributed by atoms with Gasteiger partial charge in [-0.15, -0.1) is 0 Å². The largest absolute Gasteiger partial charge is 0.481 e. The highest BCUT2D eigenvalue weighted by Crippen LogP contribution is 2.23. The zero-order valence-corrected chi connectivity index (χ0v) is 10.5. The van der Waals surface area contributed by atoms with Crippen LogP contribution in [0.4, 0.5) is 11.4 Å². The molecule has 0 saturated carbocycles. The van der Waals surface area contributed by atoms with Crippen LogP contribution in [0.3, 0.4) is 0 Å². The summed E-state index contributed by atoms with van der Waals surface area (Å²) in [5.41, 5.74) is 0.302. The minimum absolute atomic E-state index is 0.0481. The van der Waals surface area contributed by atoms with Crippen molar-refractivity contribution in [1.82, 2.24) is 0 Å². The van der Waals surface area contributed by atoms with E-state index < -0.39 is 17.0 Å². The Morgan fingerprint density at radius 2 is 2.21 bits per heavy atom. The van der Waals surface area contributed by atoms with Crippen LogP contribution in [0, 0.1) is 10.1 Å². The third kappa shape index (κ3) is 4.92. The molecule has 104 valence electrons. The van der Waals surface area contributed by atoms with Crippen LogP contribution in [-0.4, -0.2) is 35.3 Å². The summed E-state index contributed by atoms with van der Waals surface area (Å²) in [6.07, 6.45) is -0.677. The van der Waals surface area contributed by atoms with E-state index in [2.05, 4.69) is 5.32 Å². The Morgan fingerprint density at radius 3 is 2.79 bits per heavy atom. The maximum Gasteiger partial charge on any atom is 0.306 e. The van der Waals surface area contributed by atoms with Gasteiger partial charge >= 0.3 is 5.97 Å². The summed E-state index contributed by atoms with van der Waals surface area (Å²) >= 11 is 0. The Kier molecular flexibility index (Phi) is 5.74. The molecule has 0 heterocycles. The molecule has 0 aromatic heterocycles. The molecule has 0 bridgehead atoms. The molecule has 1 rings (SSSR count). The maximum absolute atomic E-state index is 10.8. The van der Waals surface area contributed by atoms with Crippen molar-refractivity contribution in [2.45, 2.75) is 19.4 Å². The van der Waals surface area contributed by atoms with Crippen molar-refractivity contribution in [3.63, 3.8) is 0 Å². The summed E-state index contributed by atoms with van der Waals surface area (Å²) in [5, 5.41) is 22.4. The van der Waals surface area contributed by atoms with E-state index in [1.54, 1.807) is 25.1 Å². The van der Waals surface area contributed by atoms with Gasteiger partial charge in [0.1, 0.15) is 5.69 Å². The molecule has 1 atom stereocenters. The smallest absolute Gasteiger partial charge is 0.306 e. The number of ether oxygens (including phenoxy) is 1. The van der Waals surface area contributed by atoms with E-state index in [1.807, 2.05) is 0 Å². The normalized spacial score (nSPS) is 11.8. The predicted octanol–water partition coefficient (Wildman–Crippen LogP) is 1.89.